The third-order valence-corrected chi connectivity index (χ3v) is 3.68. The van der Waals surface area contributed by atoms with Crippen LogP contribution in [0.5, 0.6) is 0 Å². The zero-order chi connectivity index (χ0) is 10.5. The van der Waals surface area contributed by atoms with E-state index >= 15 is 0 Å². The van der Waals surface area contributed by atoms with Gasteiger partial charge in [0.05, 0.1) is 0 Å². The minimum Gasteiger partial charge on any atom is -0.375 e. The molecule has 0 saturated carbocycles. The highest BCUT2D eigenvalue weighted by atomic mass is 15.1. The molecule has 2 heteroatoms. The molecular weight excluding hydrogens is 184 g/mol. The summed E-state index contributed by atoms with van der Waals surface area (Å²) in [4.78, 5) is 2.60. The van der Waals surface area contributed by atoms with Crippen molar-refractivity contribution < 1.29 is 0 Å². The van der Waals surface area contributed by atoms with Crippen LogP contribution in [0.4, 0.5) is 0 Å². The molecule has 15 heavy (non-hydrogen) atoms. The smallest absolute Gasteiger partial charge is 0.0174 e. The maximum atomic E-state index is 6.03. The maximum absolute atomic E-state index is 6.03. The SMILES string of the molecule is NC1C/C=C(/N2CCCCC2)CCCC1. The molecule has 1 heterocycles. The van der Waals surface area contributed by atoms with E-state index in [1.165, 1.54) is 58.0 Å². The highest BCUT2D eigenvalue weighted by Crippen LogP contribution is 2.22. The second-order valence-corrected chi connectivity index (χ2v) is 4.98. The van der Waals surface area contributed by atoms with Crippen molar-refractivity contribution in [2.24, 2.45) is 5.73 Å². The van der Waals surface area contributed by atoms with Gasteiger partial charge < -0.3 is 10.6 Å². The van der Waals surface area contributed by atoms with Crippen LogP contribution >= 0.6 is 0 Å². The molecule has 0 aromatic rings. The molecule has 86 valence electrons. The summed E-state index contributed by atoms with van der Waals surface area (Å²) in [5.41, 5.74) is 7.62. The third kappa shape index (κ3) is 3.23. The van der Waals surface area contributed by atoms with Crippen molar-refractivity contribution in [3.63, 3.8) is 0 Å². The van der Waals surface area contributed by atoms with E-state index in [4.69, 9.17) is 5.73 Å². The zero-order valence-electron chi connectivity index (χ0n) is 9.75. The van der Waals surface area contributed by atoms with Crippen molar-refractivity contribution in [1.82, 2.24) is 4.90 Å². The molecule has 0 spiro atoms. The summed E-state index contributed by atoms with van der Waals surface area (Å²) in [6.07, 6.45) is 12.8. The quantitative estimate of drug-likeness (QED) is 0.718. The summed E-state index contributed by atoms with van der Waals surface area (Å²) < 4.78 is 0. The normalized spacial score (nSPS) is 32.7. The van der Waals surface area contributed by atoms with Gasteiger partial charge in [-0.3, -0.25) is 0 Å². The summed E-state index contributed by atoms with van der Waals surface area (Å²) in [5, 5.41) is 0. The summed E-state index contributed by atoms with van der Waals surface area (Å²) in [5.74, 6) is 0. The second kappa shape index (κ2) is 5.55. The van der Waals surface area contributed by atoms with Crippen LogP contribution in [-0.2, 0) is 0 Å². The van der Waals surface area contributed by atoms with Gasteiger partial charge >= 0.3 is 0 Å². The Morgan fingerprint density at radius 2 is 1.87 bits per heavy atom. The third-order valence-electron chi connectivity index (χ3n) is 3.68. The Morgan fingerprint density at radius 3 is 2.67 bits per heavy atom. The Bertz CT molecular complexity index is 217. The number of hydrogen-bond donors (Lipinski definition) is 1. The minimum atomic E-state index is 0.407. The van der Waals surface area contributed by atoms with Crippen LogP contribution in [0.2, 0.25) is 0 Å². The van der Waals surface area contributed by atoms with Crippen LogP contribution in [-0.4, -0.2) is 24.0 Å². The van der Waals surface area contributed by atoms with E-state index in [1.807, 2.05) is 0 Å². The molecule has 1 fully saturated rings. The highest BCUT2D eigenvalue weighted by molar-refractivity contribution is 5.04. The van der Waals surface area contributed by atoms with Gasteiger partial charge in [0.15, 0.2) is 0 Å². The summed E-state index contributed by atoms with van der Waals surface area (Å²) in [7, 11) is 0. The summed E-state index contributed by atoms with van der Waals surface area (Å²) in [6, 6.07) is 0.407. The Hall–Kier alpha value is -0.500. The molecular formula is C13H24N2. The summed E-state index contributed by atoms with van der Waals surface area (Å²) in [6.45, 7) is 2.56. The van der Waals surface area contributed by atoms with E-state index in [1.54, 1.807) is 5.70 Å². The largest absolute Gasteiger partial charge is 0.375 e. The van der Waals surface area contributed by atoms with Crippen molar-refractivity contribution in [3.8, 4) is 0 Å². The lowest BCUT2D eigenvalue weighted by molar-refractivity contribution is 0.271. The number of allylic oxidation sites excluding steroid dienone is 1. The van der Waals surface area contributed by atoms with Gasteiger partial charge in [0.2, 0.25) is 0 Å². The molecule has 1 saturated heterocycles. The van der Waals surface area contributed by atoms with E-state index in [0.717, 1.165) is 6.42 Å². The van der Waals surface area contributed by atoms with E-state index < -0.39 is 0 Å². The topological polar surface area (TPSA) is 29.3 Å². The molecule has 2 nitrogen and oxygen atoms in total. The first-order chi connectivity index (χ1) is 7.36. The average molecular weight is 208 g/mol. The first-order valence-corrected chi connectivity index (χ1v) is 6.56. The molecule has 2 rings (SSSR count). The number of nitrogens with zero attached hydrogens (tertiary/aromatic N) is 1. The predicted octanol–water partition coefficient (Wildman–Crippen LogP) is 2.65. The molecule has 0 radical (unpaired) electrons. The first-order valence-electron chi connectivity index (χ1n) is 6.56. The van der Waals surface area contributed by atoms with Gasteiger partial charge in [-0.2, -0.15) is 0 Å². The van der Waals surface area contributed by atoms with Gasteiger partial charge in [-0.1, -0.05) is 12.5 Å². The lowest BCUT2D eigenvalue weighted by atomic mass is 9.99. The Kier molecular flexibility index (Phi) is 4.07. The van der Waals surface area contributed by atoms with Gasteiger partial charge in [0.1, 0.15) is 0 Å². The molecule has 2 N–H and O–H groups in total. The molecule has 1 aliphatic carbocycles. The average Bonchev–Trinajstić information content (AvgIpc) is 2.25. The van der Waals surface area contributed by atoms with E-state index in [2.05, 4.69) is 11.0 Å². The van der Waals surface area contributed by atoms with E-state index in [-0.39, 0.29) is 0 Å². The Morgan fingerprint density at radius 1 is 1.07 bits per heavy atom. The number of nitrogens with two attached hydrogens (primary N) is 1. The number of piperidine rings is 1. The highest BCUT2D eigenvalue weighted by Gasteiger charge is 2.15. The fourth-order valence-corrected chi connectivity index (χ4v) is 2.69. The van der Waals surface area contributed by atoms with Crippen LogP contribution in [0.15, 0.2) is 11.8 Å². The maximum Gasteiger partial charge on any atom is 0.0174 e. The van der Waals surface area contributed by atoms with Crippen LogP contribution in [0.1, 0.15) is 51.4 Å². The van der Waals surface area contributed by atoms with Gasteiger partial charge in [0, 0.05) is 24.8 Å². The number of hydrogen-bond acceptors (Lipinski definition) is 2. The molecule has 1 aliphatic heterocycles. The minimum absolute atomic E-state index is 0.407. The molecule has 0 bridgehead atoms. The van der Waals surface area contributed by atoms with Crippen LogP contribution in [0.25, 0.3) is 0 Å². The molecule has 0 aromatic carbocycles. The lowest BCUT2D eigenvalue weighted by Crippen LogP contribution is -2.30. The molecule has 1 atom stereocenters. The van der Waals surface area contributed by atoms with Crippen molar-refractivity contribution in [2.45, 2.75) is 57.4 Å². The van der Waals surface area contributed by atoms with Crippen LogP contribution in [0.3, 0.4) is 0 Å². The lowest BCUT2D eigenvalue weighted by Gasteiger charge is -2.32. The molecule has 1 unspecified atom stereocenters. The summed E-state index contributed by atoms with van der Waals surface area (Å²) >= 11 is 0. The molecule has 0 aromatic heterocycles. The van der Waals surface area contributed by atoms with E-state index in [9.17, 15) is 0 Å². The predicted molar refractivity (Wildman–Crippen MR) is 64.6 cm³/mol. The second-order valence-electron chi connectivity index (χ2n) is 4.98. The van der Waals surface area contributed by atoms with Gasteiger partial charge in [0.25, 0.3) is 0 Å². The van der Waals surface area contributed by atoms with Gasteiger partial charge in [-0.05, 0) is 44.9 Å². The van der Waals surface area contributed by atoms with Gasteiger partial charge in [-0.15, -0.1) is 0 Å². The van der Waals surface area contributed by atoms with Gasteiger partial charge in [-0.25, -0.2) is 0 Å². The van der Waals surface area contributed by atoms with Crippen molar-refractivity contribution in [3.05, 3.63) is 11.8 Å². The van der Waals surface area contributed by atoms with Crippen molar-refractivity contribution >= 4 is 0 Å². The monoisotopic (exact) mass is 208 g/mol. The first kappa shape index (κ1) is 11.0. The molecule has 2 aliphatic rings. The van der Waals surface area contributed by atoms with Crippen molar-refractivity contribution in [2.75, 3.05) is 13.1 Å². The van der Waals surface area contributed by atoms with Crippen LogP contribution in [0, 0.1) is 0 Å². The fraction of sp³-hybridized carbons (Fsp3) is 0.846. The van der Waals surface area contributed by atoms with E-state index in [0.29, 0.717) is 6.04 Å². The number of rotatable bonds is 1. The zero-order valence-corrected chi connectivity index (χ0v) is 9.75. The fourth-order valence-electron chi connectivity index (χ4n) is 2.69. The Labute approximate surface area is 93.5 Å². The standard InChI is InChI=1S/C13H24N2/c14-12-6-2-3-7-13(9-8-12)15-10-4-1-5-11-15/h9,12H,1-8,10-11,14H2/b13-9+. The number of likely N-dealkylation sites (tertiary alicyclic amines) is 1. The van der Waals surface area contributed by atoms with Crippen molar-refractivity contribution in [1.29, 1.82) is 0 Å². The molecule has 0 amide bonds. The van der Waals surface area contributed by atoms with Crippen LogP contribution < -0.4 is 5.73 Å². The Balaban J connectivity index is 1.95.